The highest BCUT2D eigenvalue weighted by atomic mass is 19.1. The molecule has 0 bridgehead atoms. The van der Waals surface area contributed by atoms with Crippen LogP contribution in [-0.2, 0) is 11.3 Å². The number of aliphatic hydroxyl groups is 1. The van der Waals surface area contributed by atoms with Crippen molar-refractivity contribution >= 4 is 0 Å². The normalized spacial score (nSPS) is 12.3. The van der Waals surface area contributed by atoms with Gasteiger partial charge in [-0.15, -0.1) is 0 Å². The van der Waals surface area contributed by atoms with E-state index in [-0.39, 0.29) is 5.82 Å². The van der Waals surface area contributed by atoms with Gasteiger partial charge in [-0.1, -0.05) is 25.1 Å². The average molecular weight is 428 g/mol. The van der Waals surface area contributed by atoms with Gasteiger partial charge < -0.3 is 14.6 Å². The number of para-hydroxylation sites is 1. The third-order valence-electron chi connectivity index (χ3n) is 5.10. The van der Waals surface area contributed by atoms with Crippen LogP contribution in [0.4, 0.5) is 4.39 Å². The summed E-state index contributed by atoms with van der Waals surface area (Å²) >= 11 is 0. The van der Waals surface area contributed by atoms with Crippen molar-refractivity contribution in [1.82, 2.24) is 14.7 Å². The van der Waals surface area contributed by atoms with Gasteiger partial charge in [0.05, 0.1) is 29.7 Å². The Balaban J connectivity index is 1.99. The molecular weight excluding hydrogens is 397 g/mol. The Morgan fingerprint density at radius 1 is 1.13 bits per heavy atom. The second kappa shape index (κ2) is 11.0. The summed E-state index contributed by atoms with van der Waals surface area (Å²) in [5, 5.41) is 14.9. The fourth-order valence-corrected chi connectivity index (χ4v) is 3.29. The lowest BCUT2D eigenvalue weighted by atomic mass is 10.2. The lowest BCUT2D eigenvalue weighted by molar-refractivity contribution is 0.0825. The fraction of sp³-hybridized carbons (Fsp3) is 0.375. The van der Waals surface area contributed by atoms with Gasteiger partial charge in [0.2, 0.25) is 5.88 Å². The fourth-order valence-electron chi connectivity index (χ4n) is 3.29. The summed E-state index contributed by atoms with van der Waals surface area (Å²) in [5.41, 5.74) is 2.60. The summed E-state index contributed by atoms with van der Waals surface area (Å²) in [6, 6.07) is 15.7. The molecule has 1 unspecified atom stereocenters. The van der Waals surface area contributed by atoms with E-state index in [1.165, 1.54) is 12.1 Å². The first-order valence-corrected chi connectivity index (χ1v) is 10.5. The van der Waals surface area contributed by atoms with E-state index in [1.54, 1.807) is 23.9 Å². The van der Waals surface area contributed by atoms with Crippen LogP contribution in [0.2, 0.25) is 0 Å². The van der Waals surface area contributed by atoms with Crippen molar-refractivity contribution in [2.45, 2.75) is 32.9 Å². The second-order valence-electron chi connectivity index (χ2n) is 7.46. The average Bonchev–Trinajstić information content (AvgIpc) is 3.09. The first-order valence-electron chi connectivity index (χ1n) is 10.5. The second-order valence-corrected chi connectivity index (χ2v) is 7.46. The lowest BCUT2D eigenvalue weighted by Crippen LogP contribution is -2.34. The largest absolute Gasteiger partial charge is 0.439 e. The van der Waals surface area contributed by atoms with Gasteiger partial charge in [0.1, 0.15) is 11.6 Å². The molecule has 0 saturated carbocycles. The number of aliphatic hydroxyl groups excluding tert-OH is 1. The molecule has 31 heavy (non-hydrogen) atoms. The molecule has 2 aromatic carbocycles. The smallest absolute Gasteiger partial charge is 0.227 e. The minimum Gasteiger partial charge on any atom is -0.439 e. The Labute approximate surface area is 182 Å². The molecule has 0 radical (unpaired) electrons. The number of hydrogen-bond acceptors (Lipinski definition) is 5. The number of halogens is 1. The number of aryl methyl sites for hydroxylation is 1. The van der Waals surface area contributed by atoms with E-state index < -0.39 is 6.10 Å². The Kier molecular flexibility index (Phi) is 8.17. The minimum atomic E-state index is -0.428. The molecule has 1 heterocycles. The van der Waals surface area contributed by atoms with Gasteiger partial charge in [-0.2, -0.15) is 5.10 Å². The number of rotatable bonds is 11. The third-order valence-corrected chi connectivity index (χ3v) is 5.10. The number of nitrogens with zero attached hydrogens (tertiary/aromatic N) is 3. The number of hydrogen-bond donors (Lipinski definition) is 1. The van der Waals surface area contributed by atoms with Gasteiger partial charge in [0.25, 0.3) is 0 Å². The molecule has 0 amide bonds. The Morgan fingerprint density at radius 2 is 1.84 bits per heavy atom. The molecule has 1 atom stereocenters. The minimum absolute atomic E-state index is 0.320. The SMILES string of the molecule is CCC(O)CN(CCOC)Cc1c(C)nn(-c2ccccc2)c1Oc1ccc(F)cc1. The zero-order valence-electron chi connectivity index (χ0n) is 18.3. The molecule has 0 spiro atoms. The van der Waals surface area contributed by atoms with Gasteiger partial charge in [0.15, 0.2) is 0 Å². The summed E-state index contributed by atoms with van der Waals surface area (Å²) < 4.78 is 26.6. The van der Waals surface area contributed by atoms with Crippen LogP contribution >= 0.6 is 0 Å². The summed E-state index contributed by atoms with van der Waals surface area (Å²) in [7, 11) is 1.66. The highest BCUT2D eigenvalue weighted by Gasteiger charge is 2.22. The number of aromatic nitrogens is 2. The molecule has 166 valence electrons. The van der Waals surface area contributed by atoms with Crippen molar-refractivity contribution in [3.63, 3.8) is 0 Å². The van der Waals surface area contributed by atoms with E-state index in [0.29, 0.717) is 44.3 Å². The van der Waals surface area contributed by atoms with Gasteiger partial charge in [-0.05, 0) is 49.7 Å². The molecule has 1 N–H and O–H groups in total. The predicted octanol–water partition coefficient (Wildman–Crippen LogP) is 4.33. The molecule has 0 fully saturated rings. The molecule has 1 aromatic heterocycles. The van der Waals surface area contributed by atoms with Gasteiger partial charge in [-0.3, -0.25) is 4.90 Å². The zero-order valence-corrected chi connectivity index (χ0v) is 18.3. The maximum atomic E-state index is 13.4. The first kappa shape index (κ1) is 22.9. The standard InChI is InChI=1S/C24H30FN3O3/c1-4-21(29)16-27(14-15-30-3)17-23-18(2)26-28(20-8-6-5-7-9-20)24(23)31-22-12-10-19(25)11-13-22/h5-13,21,29H,4,14-17H2,1-3H3. The van der Waals surface area contributed by atoms with E-state index in [4.69, 9.17) is 14.6 Å². The highest BCUT2D eigenvalue weighted by molar-refractivity contribution is 5.43. The quantitative estimate of drug-likeness (QED) is 0.494. The number of methoxy groups -OCH3 is 1. The summed E-state index contributed by atoms with van der Waals surface area (Å²) in [5.74, 6) is 0.778. The van der Waals surface area contributed by atoms with Crippen LogP contribution in [0.25, 0.3) is 5.69 Å². The van der Waals surface area contributed by atoms with Gasteiger partial charge in [0, 0.05) is 26.7 Å². The maximum absolute atomic E-state index is 13.4. The molecular formula is C24H30FN3O3. The summed E-state index contributed by atoms with van der Waals surface area (Å²) in [6.45, 7) is 6.18. The Bertz CT molecular complexity index is 945. The lowest BCUT2D eigenvalue weighted by Gasteiger charge is -2.24. The third kappa shape index (κ3) is 6.13. The van der Waals surface area contributed by atoms with Crippen LogP contribution in [0.15, 0.2) is 54.6 Å². The van der Waals surface area contributed by atoms with Crippen molar-refractivity contribution in [2.75, 3.05) is 26.8 Å². The summed E-state index contributed by atoms with van der Waals surface area (Å²) in [4.78, 5) is 2.13. The van der Waals surface area contributed by atoms with Crippen LogP contribution in [-0.4, -0.2) is 52.7 Å². The van der Waals surface area contributed by atoms with Crippen LogP contribution < -0.4 is 4.74 Å². The van der Waals surface area contributed by atoms with Gasteiger partial charge >= 0.3 is 0 Å². The molecule has 0 aliphatic heterocycles. The molecule has 3 rings (SSSR count). The van der Waals surface area contributed by atoms with Crippen molar-refractivity contribution in [3.8, 4) is 17.3 Å². The van der Waals surface area contributed by atoms with E-state index in [1.807, 2.05) is 44.2 Å². The maximum Gasteiger partial charge on any atom is 0.227 e. The van der Waals surface area contributed by atoms with Crippen LogP contribution in [0.3, 0.4) is 0 Å². The topological polar surface area (TPSA) is 59.8 Å². The monoisotopic (exact) mass is 427 g/mol. The zero-order chi connectivity index (χ0) is 22.2. The van der Waals surface area contributed by atoms with Crippen molar-refractivity contribution < 1.29 is 19.0 Å². The first-order chi connectivity index (χ1) is 15.0. The van der Waals surface area contributed by atoms with Crippen molar-refractivity contribution in [3.05, 3.63) is 71.7 Å². The number of ether oxygens (including phenoxy) is 2. The van der Waals surface area contributed by atoms with Crippen LogP contribution in [0.1, 0.15) is 24.6 Å². The molecule has 7 heteroatoms. The van der Waals surface area contributed by atoms with Gasteiger partial charge in [-0.25, -0.2) is 9.07 Å². The predicted molar refractivity (Wildman–Crippen MR) is 118 cm³/mol. The van der Waals surface area contributed by atoms with Crippen LogP contribution in [0.5, 0.6) is 11.6 Å². The molecule has 0 aliphatic rings. The Hall–Kier alpha value is -2.74. The van der Waals surface area contributed by atoms with E-state index in [9.17, 15) is 9.50 Å². The summed E-state index contributed by atoms with van der Waals surface area (Å²) in [6.07, 6.45) is 0.243. The van der Waals surface area contributed by atoms with Crippen LogP contribution in [0, 0.1) is 12.7 Å². The Morgan fingerprint density at radius 3 is 2.48 bits per heavy atom. The molecule has 6 nitrogen and oxygen atoms in total. The van der Waals surface area contributed by atoms with E-state index >= 15 is 0 Å². The van der Waals surface area contributed by atoms with E-state index in [2.05, 4.69) is 4.90 Å². The number of benzene rings is 2. The highest BCUT2D eigenvalue weighted by Crippen LogP contribution is 2.31. The van der Waals surface area contributed by atoms with E-state index in [0.717, 1.165) is 16.9 Å². The molecule has 0 saturated heterocycles. The molecule has 0 aliphatic carbocycles. The van der Waals surface area contributed by atoms with Crippen molar-refractivity contribution in [2.24, 2.45) is 0 Å². The van der Waals surface area contributed by atoms with Crippen molar-refractivity contribution in [1.29, 1.82) is 0 Å². The molecule has 3 aromatic rings.